The number of aromatic hydroxyl groups is 2. The lowest BCUT2D eigenvalue weighted by molar-refractivity contribution is 0.141. The number of carbonyl (C=O) groups is 1. The second kappa shape index (κ2) is 2.80. The highest BCUT2D eigenvalue weighted by Gasteiger charge is 2.27. The van der Waals surface area contributed by atoms with Gasteiger partial charge in [0.25, 0.3) is 0 Å². The Bertz CT molecular complexity index is 410. The van der Waals surface area contributed by atoms with Crippen molar-refractivity contribution in [3.63, 3.8) is 0 Å². The van der Waals surface area contributed by atoms with Gasteiger partial charge in [0.05, 0.1) is 0 Å². The third-order valence-electron chi connectivity index (χ3n) is 2.03. The summed E-state index contributed by atoms with van der Waals surface area (Å²) in [4.78, 5) is 10.9. The molecule has 0 unspecified atom stereocenters. The number of hydrogen-bond acceptors (Lipinski definition) is 5. The maximum absolute atomic E-state index is 10.9. The number of carbonyl (C=O) groups excluding carboxylic acids is 1. The van der Waals surface area contributed by atoms with Gasteiger partial charge in [-0.05, 0) is 6.42 Å². The van der Waals surface area contributed by atoms with Gasteiger partial charge >= 0.3 is 6.16 Å². The number of ether oxygens (including phenoxy) is 2. The largest absolute Gasteiger partial charge is 0.519 e. The average Bonchev–Trinajstić information content (AvgIpc) is 2.14. The molecule has 14 heavy (non-hydrogen) atoms. The first-order valence-electron chi connectivity index (χ1n) is 4.11. The Kier molecular flexibility index (Phi) is 1.73. The Morgan fingerprint density at radius 2 is 2.07 bits per heavy atom. The molecule has 0 aromatic heterocycles. The fraction of sp³-hybridized carbons (Fsp3) is 0.222. The average molecular weight is 196 g/mol. The molecule has 5 nitrogen and oxygen atoms in total. The minimum Gasteiger partial charge on any atom is -0.504 e. The van der Waals surface area contributed by atoms with Crippen molar-refractivity contribution in [1.29, 1.82) is 0 Å². The Hall–Kier alpha value is -1.91. The number of phenolic OH excluding ortho intramolecular Hbond substituents is 2. The summed E-state index contributed by atoms with van der Waals surface area (Å²) in [5.74, 6) is -0.574. The van der Waals surface area contributed by atoms with Crippen molar-refractivity contribution < 1.29 is 24.5 Å². The molecule has 2 rings (SSSR count). The number of benzene rings is 1. The zero-order chi connectivity index (χ0) is 10.3. The molecule has 1 aliphatic rings. The van der Waals surface area contributed by atoms with E-state index in [0.717, 1.165) is 0 Å². The van der Waals surface area contributed by atoms with Crippen molar-refractivity contribution in [1.82, 2.24) is 0 Å². The van der Waals surface area contributed by atoms with Crippen molar-refractivity contribution >= 4 is 6.16 Å². The van der Waals surface area contributed by atoms with Gasteiger partial charge in [-0.1, -0.05) is 6.92 Å². The van der Waals surface area contributed by atoms with Gasteiger partial charge in [0.2, 0.25) is 5.75 Å². The summed E-state index contributed by atoms with van der Waals surface area (Å²) in [6, 6.07) is 1.19. The highest BCUT2D eigenvalue weighted by Crippen LogP contribution is 2.46. The zero-order valence-corrected chi connectivity index (χ0v) is 7.40. The van der Waals surface area contributed by atoms with Crippen LogP contribution in [0.2, 0.25) is 0 Å². The van der Waals surface area contributed by atoms with Gasteiger partial charge < -0.3 is 19.7 Å². The minimum atomic E-state index is -0.900. The molecule has 1 aromatic carbocycles. The normalized spacial score (nSPS) is 13.4. The number of phenols is 2. The Morgan fingerprint density at radius 1 is 1.36 bits per heavy atom. The van der Waals surface area contributed by atoms with E-state index >= 15 is 0 Å². The SMILES string of the molecule is CCc1c2cc(O)c(O)c1OC(=O)O2. The first-order valence-corrected chi connectivity index (χ1v) is 4.11. The number of hydrogen-bond donors (Lipinski definition) is 2. The van der Waals surface area contributed by atoms with Crippen LogP contribution < -0.4 is 9.47 Å². The van der Waals surface area contributed by atoms with Gasteiger partial charge in [-0.15, -0.1) is 0 Å². The van der Waals surface area contributed by atoms with E-state index in [4.69, 9.17) is 4.74 Å². The van der Waals surface area contributed by atoms with Gasteiger partial charge in [-0.25, -0.2) is 4.79 Å². The van der Waals surface area contributed by atoms with Crippen LogP contribution >= 0.6 is 0 Å². The van der Waals surface area contributed by atoms with Crippen LogP contribution in [0.1, 0.15) is 12.5 Å². The molecule has 0 aliphatic carbocycles. The van der Waals surface area contributed by atoms with Crippen LogP contribution in [0.5, 0.6) is 23.0 Å². The molecule has 1 heterocycles. The van der Waals surface area contributed by atoms with Gasteiger partial charge in [0, 0.05) is 11.6 Å². The molecule has 0 atom stereocenters. The second-order valence-corrected chi connectivity index (χ2v) is 2.86. The van der Waals surface area contributed by atoms with Gasteiger partial charge in [0.15, 0.2) is 11.5 Å². The molecule has 1 aromatic rings. The van der Waals surface area contributed by atoms with E-state index in [1.165, 1.54) is 6.07 Å². The third kappa shape index (κ3) is 1.06. The van der Waals surface area contributed by atoms with E-state index in [2.05, 4.69) is 4.74 Å². The van der Waals surface area contributed by atoms with E-state index in [1.54, 1.807) is 0 Å². The molecular formula is C9H8O5. The summed E-state index contributed by atoms with van der Waals surface area (Å²) in [6.45, 7) is 1.82. The van der Waals surface area contributed by atoms with E-state index in [0.29, 0.717) is 12.0 Å². The Balaban J connectivity index is 2.68. The Labute approximate surface area is 79.5 Å². The quantitative estimate of drug-likeness (QED) is 0.405. The lowest BCUT2D eigenvalue weighted by Gasteiger charge is -2.19. The van der Waals surface area contributed by atoms with Crippen LogP contribution in [0.15, 0.2) is 6.07 Å². The topological polar surface area (TPSA) is 76.0 Å². The fourth-order valence-corrected chi connectivity index (χ4v) is 1.38. The standard InChI is InChI=1S/C9H8O5/c1-2-4-6-3-5(10)7(11)8(4)14-9(12)13-6/h3,10-11H,2H2,1H3. The monoisotopic (exact) mass is 196 g/mol. The summed E-state index contributed by atoms with van der Waals surface area (Å²) in [6.07, 6.45) is -0.367. The van der Waals surface area contributed by atoms with E-state index in [1.807, 2.05) is 6.92 Å². The highest BCUT2D eigenvalue weighted by atomic mass is 16.7. The van der Waals surface area contributed by atoms with Crippen LogP contribution in [0.25, 0.3) is 0 Å². The maximum Gasteiger partial charge on any atom is 0.519 e. The van der Waals surface area contributed by atoms with Crippen molar-refractivity contribution in [2.75, 3.05) is 0 Å². The first kappa shape index (κ1) is 8.68. The molecule has 0 radical (unpaired) electrons. The molecule has 5 heteroatoms. The van der Waals surface area contributed by atoms with Crippen LogP contribution in [0.3, 0.4) is 0 Å². The van der Waals surface area contributed by atoms with E-state index < -0.39 is 11.9 Å². The van der Waals surface area contributed by atoms with Crippen molar-refractivity contribution in [3.8, 4) is 23.0 Å². The summed E-state index contributed by atoms with van der Waals surface area (Å²) < 4.78 is 9.37. The molecule has 0 saturated carbocycles. The highest BCUT2D eigenvalue weighted by molar-refractivity contribution is 5.76. The lowest BCUT2D eigenvalue weighted by atomic mass is 10.1. The van der Waals surface area contributed by atoms with Gasteiger partial charge in [-0.3, -0.25) is 0 Å². The lowest BCUT2D eigenvalue weighted by Crippen LogP contribution is -2.20. The molecule has 0 amide bonds. The molecule has 1 aliphatic heterocycles. The van der Waals surface area contributed by atoms with E-state index in [-0.39, 0.29) is 17.2 Å². The zero-order valence-electron chi connectivity index (χ0n) is 7.40. The van der Waals surface area contributed by atoms with Crippen LogP contribution in [-0.4, -0.2) is 16.4 Å². The maximum atomic E-state index is 10.9. The molecule has 2 bridgehead atoms. The van der Waals surface area contributed by atoms with Crippen LogP contribution in [0.4, 0.5) is 4.79 Å². The third-order valence-corrected chi connectivity index (χ3v) is 2.03. The predicted molar refractivity (Wildman–Crippen MR) is 45.8 cm³/mol. The summed E-state index contributed by atoms with van der Waals surface area (Å²) >= 11 is 0. The van der Waals surface area contributed by atoms with Crippen molar-refractivity contribution in [2.45, 2.75) is 13.3 Å². The molecule has 0 fully saturated rings. The van der Waals surface area contributed by atoms with Crippen LogP contribution in [0, 0.1) is 0 Å². The van der Waals surface area contributed by atoms with Crippen molar-refractivity contribution in [3.05, 3.63) is 11.6 Å². The van der Waals surface area contributed by atoms with Gasteiger partial charge in [-0.2, -0.15) is 0 Å². The molecule has 2 N–H and O–H groups in total. The van der Waals surface area contributed by atoms with E-state index in [9.17, 15) is 15.0 Å². The smallest absolute Gasteiger partial charge is 0.504 e. The van der Waals surface area contributed by atoms with Gasteiger partial charge in [0.1, 0.15) is 5.75 Å². The summed E-state index contributed by atoms with van der Waals surface area (Å²) in [5.41, 5.74) is 0.569. The summed E-state index contributed by atoms with van der Waals surface area (Å²) in [5, 5.41) is 18.6. The summed E-state index contributed by atoms with van der Waals surface area (Å²) in [7, 11) is 0. The number of rotatable bonds is 1. The molecular weight excluding hydrogens is 188 g/mol. The first-order chi connectivity index (χ1) is 6.63. The fourth-order valence-electron chi connectivity index (χ4n) is 1.38. The predicted octanol–water partition coefficient (Wildman–Crippen LogP) is 1.55. The Morgan fingerprint density at radius 3 is 2.71 bits per heavy atom. The molecule has 0 saturated heterocycles. The molecule has 74 valence electrons. The second-order valence-electron chi connectivity index (χ2n) is 2.86. The number of fused-ring (bicyclic) bond motifs is 2. The van der Waals surface area contributed by atoms with Crippen molar-refractivity contribution in [2.24, 2.45) is 0 Å². The van der Waals surface area contributed by atoms with Crippen LogP contribution in [-0.2, 0) is 6.42 Å². The molecule has 0 spiro atoms. The minimum absolute atomic E-state index is 0.0150.